The fraction of sp³-hybridized carbons (Fsp3) is 0.353. The number of aromatic nitrogens is 1. The van der Waals surface area contributed by atoms with Gasteiger partial charge in [0.25, 0.3) is 5.91 Å². The lowest BCUT2D eigenvalue weighted by Crippen LogP contribution is -2.13. The molecular weight excluding hydrogens is 328 g/mol. The number of carbonyl (C=O) groups is 2. The lowest BCUT2D eigenvalue weighted by Gasteiger charge is -2.13. The van der Waals surface area contributed by atoms with E-state index in [0.717, 1.165) is 5.01 Å². The highest BCUT2D eigenvalue weighted by atomic mass is 32.1. The fourth-order valence-electron chi connectivity index (χ4n) is 2.25. The summed E-state index contributed by atoms with van der Waals surface area (Å²) in [6.45, 7) is 7.67. The molecule has 0 fully saturated rings. The standard InChI is InChI=1S/C17H18N2O4S/c1-9(20)10-5-12-13(23-8-22-12)6-11(10)19-15(21)14-7-18-16(24-14)17(2,3)4/h5-7H,8H2,1-4H3,(H,19,21). The van der Waals surface area contributed by atoms with Crippen LogP contribution in [-0.4, -0.2) is 23.5 Å². The van der Waals surface area contributed by atoms with Crippen molar-refractivity contribution in [2.75, 3.05) is 12.1 Å². The van der Waals surface area contributed by atoms with Gasteiger partial charge in [0.1, 0.15) is 4.88 Å². The highest BCUT2D eigenvalue weighted by Crippen LogP contribution is 2.37. The van der Waals surface area contributed by atoms with Gasteiger partial charge in [-0.2, -0.15) is 0 Å². The SMILES string of the molecule is CC(=O)c1cc2c(cc1NC(=O)c1cnc(C(C)(C)C)s1)OCO2. The Hall–Kier alpha value is -2.41. The van der Waals surface area contributed by atoms with Gasteiger partial charge in [-0.25, -0.2) is 4.98 Å². The lowest BCUT2D eigenvalue weighted by atomic mass is 9.98. The normalized spacial score (nSPS) is 13.0. The van der Waals surface area contributed by atoms with Crippen LogP contribution in [0.4, 0.5) is 5.69 Å². The minimum atomic E-state index is -0.302. The van der Waals surface area contributed by atoms with E-state index in [9.17, 15) is 9.59 Å². The van der Waals surface area contributed by atoms with Crippen LogP contribution in [0, 0.1) is 0 Å². The Labute approximate surface area is 143 Å². The summed E-state index contributed by atoms with van der Waals surface area (Å²) in [6.07, 6.45) is 1.56. The molecule has 3 rings (SSSR count). The monoisotopic (exact) mass is 346 g/mol. The van der Waals surface area contributed by atoms with Crippen LogP contribution in [0.3, 0.4) is 0 Å². The molecule has 1 aromatic carbocycles. The summed E-state index contributed by atoms with van der Waals surface area (Å²) in [5.41, 5.74) is 0.669. The quantitative estimate of drug-likeness (QED) is 0.859. The maximum atomic E-state index is 12.5. The molecule has 1 aromatic heterocycles. The highest BCUT2D eigenvalue weighted by molar-refractivity contribution is 7.13. The summed E-state index contributed by atoms with van der Waals surface area (Å²) in [5, 5.41) is 3.66. The number of nitrogens with one attached hydrogen (secondary N) is 1. The summed E-state index contributed by atoms with van der Waals surface area (Å²) in [7, 11) is 0. The molecule has 0 radical (unpaired) electrons. The first-order valence-corrected chi connectivity index (χ1v) is 8.29. The number of ether oxygens (including phenoxy) is 2. The second-order valence-electron chi connectivity index (χ2n) is 6.54. The second kappa shape index (κ2) is 5.90. The third-order valence-corrected chi connectivity index (χ3v) is 4.93. The summed E-state index contributed by atoms with van der Waals surface area (Å²) in [6, 6.07) is 3.20. The van der Waals surface area contributed by atoms with Crippen LogP contribution >= 0.6 is 11.3 Å². The molecule has 0 saturated carbocycles. The van der Waals surface area contributed by atoms with Gasteiger partial charge in [0.15, 0.2) is 17.3 Å². The Balaban J connectivity index is 1.89. The number of benzene rings is 1. The first-order chi connectivity index (χ1) is 11.3. The second-order valence-corrected chi connectivity index (χ2v) is 7.57. The maximum Gasteiger partial charge on any atom is 0.267 e. The van der Waals surface area contributed by atoms with Crippen LogP contribution in [0.25, 0.3) is 0 Å². The Kier molecular flexibility index (Phi) is 4.04. The number of carbonyl (C=O) groups excluding carboxylic acids is 2. The van der Waals surface area contributed by atoms with Gasteiger partial charge in [-0.1, -0.05) is 20.8 Å². The Morgan fingerprint density at radius 1 is 1.21 bits per heavy atom. The molecule has 24 heavy (non-hydrogen) atoms. The Bertz CT molecular complexity index is 820. The highest BCUT2D eigenvalue weighted by Gasteiger charge is 2.23. The minimum absolute atomic E-state index is 0.105. The molecular formula is C17H18N2O4S. The Morgan fingerprint density at radius 2 is 1.88 bits per heavy atom. The van der Waals surface area contributed by atoms with Crippen LogP contribution in [0.15, 0.2) is 18.3 Å². The van der Waals surface area contributed by atoms with Crippen molar-refractivity contribution >= 4 is 28.7 Å². The van der Waals surface area contributed by atoms with Crippen LogP contribution < -0.4 is 14.8 Å². The molecule has 2 aromatic rings. The van der Waals surface area contributed by atoms with Crippen LogP contribution in [0.2, 0.25) is 0 Å². The molecule has 1 N–H and O–H groups in total. The van der Waals surface area contributed by atoms with E-state index in [0.29, 0.717) is 27.6 Å². The van der Waals surface area contributed by atoms with Gasteiger partial charge in [0.05, 0.1) is 16.9 Å². The molecule has 0 bridgehead atoms. The third-order valence-electron chi connectivity index (χ3n) is 3.51. The van der Waals surface area contributed by atoms with E-state index in [1.165, 1.54) is 18.3 Å². The zero-order valence-electron chi connectivity index (χ0n) is 13.9. The molecule has 0 unspecified atom stereocenters. The number of fused-ring (bicyclic) bond motifs is 1. The molecule has 1 aliphatic heterocycles. The predicted molar refractivity (Wildman–Crippen MR) is 91.3 cm³/mol. The topological polar surface area (TPSA) is 77.5 Å². The molecule has 1 aliphatic rings. The first kappa shape index (κ1) is 16.4. The molecule has 0 saturated heterocycles. The summed E-state index contributed by atoms with van der Waals surface area (Å²) < 4.78 is 10.6. The van der Waals surface area contributed by atoms with E-state index < -0.39 is 0 Å². The average Bonchev–Trinajstić information content (AvgIpc) is 3.14. The molecule has 2 heterocycles. The van der Waals surface area contributed by atoms with E-state index in [4.69, 9.17) is 9.47 Å². The van der Waals surface area contributed by atoms with Gasteiger partial charge in [-0.05, 0) is 13.0 Å². The van der Waals surface area contributed by atoms with Crippen LogP contribution in [0.1, 0.15) is 52.7 Å². The van der Waals surface area contributed by atoms with Gasteiger partial charge in [0, 0.05) is 17.0 Å². The molecule has 126 valence electrons. The fourth-order valence-corrected chi connectivity index (χ4v) is 3.12. The number of rotatable bonds is 3. The smallest absolute Gasteiger partial charge is 0.267 e. The number of anilines is 1. The van der Waals surface area contributed by atoms with Crippen molar-refractivity contribution in [2.24, 2.45) is 0 Å². The molecule has 0 spiro atoms. The largest absolute Gasteiger partial charge is 0.454 e. The van der Waals surface area contributed by atoms with Gasteiger partial charge < -0.3 is 14.8 Å². The molecule has 0 aliphatic carbocycles. The van der Waals surface area contributed by atoms with Crippen molar-refractivity contribution in [3.05, 3.63) is 33.8 Å². The van der Waals surface area contributed by atoms with E-state index in [1.807, 2.05) is 20.8 Å². The molecule has 6 nitrogen and oxygen atoms in total. The summed E-state index contributed by atoms with van der Waals surface area (Å²) >= 11 is 1.34. The number of Topliss-reactive ketones (excluding diaryl/α,β-unsaturated/α-hetero) is 1. The maximum absolute atomic E-state index is 12.5. The number of hydrogen-bond acceptors (Lipinski definition) is 6. The Morgan fingerprint density at radius 3 is 2.46 bits per heavy atom. The zero-order valence-corrected chi connectivity index (χ0v) is 14.7. The zero-order chi connectivity index (χ0) is 17.5. The van der Waals surface area contributed by atoms with Crippen molar-refractivity contribution < 1.29 is 19.1 Å². The lowest BCUT2D eigenvalue weighted by molar-refractivity contribution is 0.101. The van der Waals surface area contributed by atoms with Crippen molar-refractivity contribution in [1.82, 2.24) is 4.98 Å². The van der Waals surface area contributed by atoms with E-state index >= 15 is 0 Å². The number of thiazole rings is 1. The van der Waals surface area contributed by atoms with E-state index in [1.54, 1.807) is 18.3 Å². The van der Waals surface area contributed by atoms with Crippen LogP contribution in [0.5, 0.6) is 11.5 Å². The molecule has 1 amide bonds. The third kappa shape index (κ3) is 3.12. The first-order valence-electron chi connectivity index (χ1n) is 7.48. The number of hydrogen-bond donors (Lipinski definition) is 1. The van der Waals surface area contributed by atoms with Crippen molar-refractivity contribution in [2.45, 2.75) is 33.1 Å². The van der Waals surface area contributed by atoms with Gasteiger partial charge >= 0.3 is 0 Å². The minimum Gasteiger partial charge on any atom is -0.454 e. The molecule has 0 atom stereocenters. The molecule has 7 heteroatoms. The van der Waals surface area contributed by atoms with E-state index in [2.05, 4.69) is 10.3 Å². The van der Waals surface area contributed by atoms with Crippen molar-refractivity contribution in [3.63, 3.8) is 0 Å². The van der Waals surface area contributed by atoms with Gasteiger partial charge in [-0.3, -0.25) is 9.59 Å². The predicted octanol–water partition coefficient (Wildman–Crippen LogP) is 3.62. The average molecular weight is 346 g/mol. The number of ketones is 1. The number of amides is 1. The number of nitrogens with zero attached hydrogens (tertiary/aromatic N) is 1. The van der Waals surface area contributed by atoms with Crippen molar-refractivity contribution in [3.8, 4) is 11.5 Å². The van der Waals surface area contributed by atoms with Gasteiger partial charge in [0.2, 0.25) is 6.79 Å². The summed E-state index contributed by atoms with van der Waals surface area (Å²) in [4.78, 5) is 29.2. The van der Waals surface area contributed by atoms with Crippen molar-refractivity contribution in [1.29, 1.82) is 0 Å². The van der Waals surface area contributed by atoms with E-state index in [-0.39, 0.29) is 23.9 Å². The van der Waals surface area contributed by atoms with Gasteiger partial charge in [-0.15, -0.1) is 11.3 Å². The summed E-state index contributed by atoms with van der Waals surface area (Å²) in [5.74, 6) is 0.550. The van der Waals surface area contributed by atoms with Crippen LogP contribution in [-0.2, 0) is 5.41 Å².